The maximum atomic E-state index is 6.11. The van der Waals surface area contributed by atoms with Gasteiger partial charge in [0.2, 0.25) is 0 Å². The molecule has 0 radical (unpaired) electrons. The molecule has 1 fully saturated rings. The minimum Gasteiger partial charge on any atom is -0.381 e. The van der Waals surface area contributed by atoms with E-state index in [1.165, 1.54) is 5.56 Å². The van der Waals surface area contributed by atoms with Crippen molar-refractivity contribution >= 4 is 11.6 Å². The highest BCUT2D eigenvalue weighted by Gasteiger charge is 2.23. The van der Waals surface area contributed by atoms with Crippen LogP contribution in [0.25, 0.3) is 0 Å². The van der Waals surface area contributed by atoms with Gasteiger partial charge in [-0.2, -0.15) is 0 Å². The Labute approximate surface area is 95.4 Å². The fraction of sp³-hybridized carbons (Fsp3) is 0.500. The molecule has 0 amide bonds. The van der Waals surface area contributed by atoms with E-state index in [-0.39, 0.29) is 6.04 Å². The van der Waals surface area contributed by atoms with Gasteiger partial charge in [0.15, 0.2) is 0 Å². The van der Waals surface area contributed by atoms with Crippen LogP contribution in [0.15, 0.2) is 24.3 Å². The molecule has 2 nitrogen and oxygen atoms in total. The highest BCUT2D eigenvalue weighted by molar-refractivity contribution is 6.31. The monoisotopic (exact) mass is 225 g/mol. The van der Waals surface area contributed by atoms with Crippen molar-refractivity contribution < 1.29 is 4.74 Å². The largest absolute Gasteiger partial charge is 0.381 e. The van der Waals surface area contributed by atoms with Gasteiger partial charge in [0, 0.05) is 23.6 Å². The number of ether oxygens (including phenoxy) is 1. The van der Waals surface area contributed by atoms with Crippen molar-refractivity contribution in [3.05, 3.63) is 34.9 Å². The maximum absolute atomic E-state index is 6.11. The molecule has 0 aliphatic carbocycles. The number of hydrogen-bond donors (Lipinski definition) is 1. The molecule has 82 valence electrons. The van der Waals surface area contributed by atoms with E-state index in [9.17, 15) is 0 Å². The molecule has 3 heteroatoms. The van der Waals surface area contributed by atoms with Gasteiger partial charge in [-0.15, -0.1) is 0 Å². The van der Waals surface area contributed by atoms with Crippen LogP contribution in [0.3, 0.4) is 0 Å². The Balaban J connectivity index is 2.04. The van der Waals surface area contributed by atoms with Crippen molar-refractivity contribution in [3.8, 4) is 0 Å². The number of halogens is 1. The zero-order valence-corrected chi connectivity index (χ0v) is 9.41. The first-order valence-corrected chi connectivity index (χ1v) is 5.72. The summed E-state index contributed by atoms with van der Waals surface area (Å²) in [4.78, 5) is 0. The Morgan fingerprint density at radius 3 is 2.93 bits per heavy atom. The molecule has 15 heavy (non-hydrogen) atoms. The first-order valence-electron chi connectivity index (χ1n) is 5.34. The Kier molecular flexibility index (Phi) is 3.62. The molecular weight excluding hydrogens is 210 g/mol. The van der Waals surface area contributed by atoms with Crippen molar-refractivity contribution in [1.29, 1.82) is 0 Å². The van der Waals surface area contributed by atoms with Crippen LogP contribution in [0.4, 0.5) is 0 Å². The van der Waals surface area contributed by atoms with Crippen molar-refractivity contribution in [3.63, 3.8) is 0 Å². The third-order valence-electron chi connectivity index (χ3n) is 2.97. The lowest BCUT2D eigenvalue weighted by atomic mass is 9.90. The van der Waals surface area contributed by atoms with Crippen molar-refractivity contribution in [2.24, 2.45) is 11.7 Å². The lowest BCUT2D eigenvalue weighted by Gasteiger charge is -2.28. The smallest absolute Gasteiger partial charge is 0.0512 e. The topological polar surface area (TPSA) is 35.2 Å². The van der Waals surface area contributed by atoms with Gasteiger partial charge in [0.25, 0.3) is 0 Å². The van der Waals surface area contributed by atoms with Crippen molar-refractivity contribution in [2.45, 2.75) is 18.9 Å². The minimum absolute atomic E-state index is 0.245. The minimum atomic E-state index is 0.245. The predicted molar refractivity (Wildman–Crippen MR) is 62.1 cm³/mol. The number of hydrogen-bond acceptors (Lipinski definition) is 2. The summed E-state index contributed by atoms with van der Waals surface area (Å²) in [7, 11) is 0. The fourth-order valence-electron chi connectivity index (χ4n) is 1.97. The molecule has 0 saturated carbocycles. The molecule has 0 aromatic heterocycles. The summed E-state index contributed by atoms with van der Waals surface area (Å²) < 4.78 is 5.44. The summed E-state index contributed by atoms with van der Waals surface area (Å²) in [5.74, 6) is 0.402. The van der Waals surface area contributed by atoms with E-state index in [1.54, 1.807) is 0 Å². The average Bonchev–Trinajstić information content (AvgIpc) is 2.24. The van der Waals surface area contributed by atoms with Gasteiger partial charge >= 0.3 is 0 Å². The van der Waals surface area contributed by atoms with Crippen LogP contribution in [0.5, 0.6) is 0 Å². The van der Waals surface area contributed by atoms with Gasteiger partial charge in [-0.3, -0.25) is 0 Å². The summed E-state index contributed by atoms with van der Waals surface area (Å²) in [5.41, 5.74) is 7.23. The molecule has 1 aliphatic heterocycles. The Morgan fingerprint density at radius 1 is 1.40 bits per heavy atom. The van der Waals surface area contributed by atoms with E-state index < -0.39 is 0 Å². The third kappa shape index (κ3) is 2.71. The summed E-state index contributed by atoms with van der Waals surface area (Å²) in [6.45, 7) is 1.55. The van der Waals surface area contributed by atoms with E-state index in [0.29, 0.717) is 5.92 Å². The molecule has 1 aromatic rings. The second-order valence-electron chi connectivity index (χ2n) is 4.08. The van der Waals surface area contributed by atoms with Crippen LogP contribution in [-0.4, -0.2) is 19.3 Å². The highest BCUT2D eigenvalue weighted by Crippen LogP contribution is 2.23. The number of rotatable bonds is 2. The fourth-order valence-corrected chi connectivity index (χ4v) is 2.18. The number of benzene rings is 1. The van der Waals surface area contributed by atoms with Crippen molar-refractivity contribution in [2.75, 3.05) is 13.2 Å². The number of nitrogens with two attached hydrogens (primary N) is 1. The van der Waals surface area contributed by atoms with E-state index in [4.69, 9.17) is 22.1 Å². The zero-order valence-electron chi connectivity index (χ0n) is 8.66. The second-order valence-corrected chi connectivity index (χ2v) is 4.49. The van der Waals surface area contributed by atoms with Gasteiger partial charge in [-0.05, 0) is 24.5 Å². The van der Waals surface area contributed by atoms with Crippen LogP contribution >= 0.6 is 11.6 Å². The summed E-state index contributed by atoms with van der Waals surface area (Å²) >= 11 is 6.11. The second kappa shape index (κ2) is 4.97. The quantitative estimate of drug-likeness (QED) is 0.838. The van der Waals surface area contributed by atoms with E-state index in [1.807, 2.05) is 18.2 Å². The van der Waals surface area contributed by atoms with Crippen LogP contribution in [0.1, 0.15) is 12.0 Å². The SMILES string of the molecule is N[C@@H]1CCOC[C@@H]1Cc1ccccc1Cl. The molecular formula is C12H16ClNO. The van der Waals surface area contributed by atoms with Crippen LogP contribution in [0, 0.1) is 5.92 Å². The third-order valence-corrected chi connectivity index (χ3v) is 3.34. The molecule has 1 saturated heterocycles. The molecule has 1 heterocycles. The average molecular weight is 226 g/mol. The van der Waals surface area contributed by atoms with Crippen LogP contribution in [0.2, 0.25) is 5.02 Å². The van der Waals surface area contributed by atoms with E-state index >= 15 is 0 Å². The Morgan fingerprint density at radius 2 is 2.20 bits per heavy atom. The summed E-state index contributed by atoms with van der Waals surface area (Å²) in [5, 5.41) is 0.829. The zero-order chi connectivity index (χ0) is 10.7. The van der Waals surface area contributed by atoms with Gasteiger partial charge in [0.1, 0.15) is 0 Å². The lowest BCUT2D eigenvalue weighted by molar-refractivity contribution is 0.0422. The van der Waals surface area contributed by atoms with Gasteiger partial charge in [0.05, 0.1) is 6.61 Å². The summed E-state index contributed by atoms with van der Waals surface area (Å²) in [6.07, 6.45) is 1.87. The molecule has 2 N–H and O–H groups in total. The van der Waals surface area contributed by atoms with E-state index in [0.717, 1.165) is 31.1 Å². The normalized spacial score (nSPS) is 26.5. The van der Waals surface area contributed by atoms with Gasteiger partial charge < -0.3 is 10.5 Å². The first-order chi connectivity index (χ1) is 7.27. The lowest BCUT2D eigenvalue weighted by Crippen LogP contribution is -2.39. The maximum Gasteiger partial charge on any atom is 0.0512 e. The van der Waals surface area contributed by atoms with E-state index in [2.05, 4.69) is 6.07 Å². The van der Waals surface area contributed by atoms with Crippen LogP contribution in [-0.2, 0) is 11.2 Å². The molecule has 1 aliphatic rings. The molecule has 2 rings (SSSR count). The molecule has 0 bridgehead atoms. The van der Waals surface area contributed by atoms with Crippen molar-refractivity contribution in [1.82, 2.24) is 0 Å². The van der Waals surface area contributed by atoms with Crippen LogP contribution < -0.4 is 5.73 Å². The molecule has 0 unspecified atom stereocenters. The first kappa shape index (κ1) is 10.9. The molecule has 1 aromatic carbocycles. The molecule has 2 atom stereocenters. The highest BCUT2D eigenvalue weighted by atomic mass is 35.5. The Hall–Kier alpha value is -0.570. The van der Waals surface area contributed by atoms with Gasteiger partial charge in [-0.1, -0.05) is 29.8 Å². The van der Waals surface area contributed by atoms with Gasteiger partial charge in [-0.25, -0.2) is 0 Å². The standard InChI is InChI=1S/C12H16ClNO/c13-11-4-2-1-3-9(11)7-10-8-15-6-5-12(10)14/h1-4,10,12H,5-8,14H2/t10-,12+/m0/s1. The predicted octanol–water partition coefficient (Wildman–Crippen LogP) is 2.25. The summed E-state index contributed by atoms with van der Waals surface area (Å²) in [6, 6.07) is 8.19. The Bertz CT molecular complexity index is 329. The molecule has 0 spiro atoms.